The lowest BCUT2D eigenvalue weighted by molar-refractivity contribution is 0.392. The molecule has 0 aromatic carbocycles. The minimum atomic E-state index is 0.621. The molecule has 0 spiro atoms. The lowest BCUT2D eigenvalue weighted by atomic mass is 10.2. The van der Waals surface area contributed by atoms with E-state index >= 15 is 0 Å². The van der Waals surface area contributed by atoms with Crippen molar-refractivity contribution in [1.82, 2.24) is 20.3 Å². The molecule has 5 nitrogen and oxygen atoms in total. The summed E-state index contributed by atoms with van der Waals surface area (Å²) < 4.78 is 5.13. The molecule has 0 saturated heterocycles. The molecule has 2 aromatic rings. The lowest BCUT2D eigenvalue weighted by Crippen LogP contribution is -1.86. The fraction of sp³-hybridized carbons (Fsp3) is 0.545. The van der Waals surface area contributed by atoms with E-state index < -0.39 is 0 Å². The molecule has 0 unspecified atom stereocenters. The highest BCUT2D eigenvalue weighted by Gasteiger charge is 2.27. The number of aryl methyl sites for hydroxylation is 2. The summed E-state index contributed by atoms with van der Waals surface area (Å²) in [6.45, 7) is 3.89. The Morgan fingerprint density at radius 3 is 2.88 bits per heavy atom. The van der Waals surface area contributed by atoms with Crippen molar-refractivity contribution >= 4 is 11.8 Å². The van der Waals surface area contributed by atoms with Gasteiger partial charge in [0.05, 0.1) is 5.69 Å². The highest BCUT2D eigenvalue weighted by atomic mass is 32.2. The molecule has 0 aliphatic heterocycles. The number of H-pyrrole nitrogens is 1. The number of nitrogens with one attached hydrogen (secondary N) is 1. The van der Waals surface area contributed by atoms with Crippen molar-refractivity contribution in [2.45, 2.75) is 43.5 Å². The van der Waals surface area contributed by atoms with Crippen molar-refractivity contribution in [3.05, 3.63) is 22.8 Å². The first kappa shape index (κ1) is 10.8. The lowest BCUT2D eigenvalue weighted by Gasteiger charge is -1.95. The molecule has 1 aliphatic rings. The molecule has 6 heteroatoms. The maximum atomic E-state index is 5.13. The van der Waals surface area contributed by atoms with Gasteiger partial charge in [0.25, 0.3) is 0 Å². The Bertz CT molecular complexity index is 510. The second-order valence-electron chi connectivity index (χ2n) is 4.37. The van der Waals surface area contributed by atoms with Gasteiger partial charge in [-0.3, -0.25) is 5.10 Å². The first-order chi connectivity index (χ1) is 8.24. The van der Waals surface area contributed by atoms with Crippen LogP contribution in [0.5, 0.6) is 0 Å². The van der Waals surface area contributed by atoms with Gasteiger partial charge in [-0.15, -0.1) is 5.10 Å². The van der Waals surface area contributed by atoms with Crippen molar-refractivity contribution in [3.8, 4) is 0 Å². The van der Waals surface area contributed by atoms with Crippen LogP contribution in [0.1, 0.15) is 41.6 Å². The number of rotatable bonds is 4. The summed E-state index contributed by atoms with van der Waals surface area (Å²) in [4.78, 5) is 4.48. The first-order valence-corrected chi connectivity index (χ1v) is 6.69. The van der Waals surface area contributed by atoms with Gasteiger partial charge < -0.3 is 4.52 Å². The van der Waals surface area contributed by atoms with E-state index in [1.165, 1.54) is 12.8 Å². The molecule has 2 heterocycles. The molecule has 1 aliphatic carbocycles. The Balaban J connectivity index is 1.66. The van der Waals surface area contributed by atoms with Crippen molar-refractivity contribution in [3.63, 3.8) is 0 Å². The summed E-state index contributed by atoms with van der Waals surface area (Å²) in [6, 6.07) is 0. The summed E-state index contributed by atoms with van der Waals surface area (Å²) in [5.74, 6) is 3.35. The molecule has 1 N–H and O–H groups in total. The Hall–Kier alpha value is -1.30. The van der Waals surface area contributed by atoms with E-state index in [0.29, 0.717) is 5.92 Å². The molecule has 90 valence electrons. The van der Waals surface area contributed by atoms with E-state index in [1.807, 2.05) is 13.8 Å². The molecule has 3 rings (SSSR count). The SMILES string of the molecule is Cc1noc(C)c1CSc1n[nH]c(C2CC2)n1. The molecule has 0 atom stereocenters. The van der Waals surface area contributed by atoms with Crippen LogP contribution >= 0.6 is 11.8 Å². The van der Waals surface area contributed by atoms with Crippen molar-refractivity contribution in [1.29, 1.82) is 0 Å². The average molecular weight is 250 g/mol. The maximum Gasteiger partial charge on any atom is 0.208 e. The Labute approximate surface area is 103 Å². The van der Waals surface area contributed by atoms with Crippen LogP contribution in [0, 0.1) is 13.8 Å². The van der Waals surface area contributed by atoms with E-state index in [9.17, 15) is 0 Å². The zero-order valence-corrected chi connectivity index (χ0v) is 10.7. The average Bonchev–Trinajstić information content (AvgIpc) is 2.98. The molecular formula is C11H14N4OS. The topological polar surface area (TPSA) is 67.6 Å². The van der Waals surface area contributed by atoms with Crippen molar-refractivity contribution in [2.75, 3.05) is 0 Å². The second kappa shape index (κ2) is 4.18. The highest BCUT2D eigenvalue weighted by molar-refractivity contribution is 7.98. The Morgan fingerprint density at radius 2 is 2.24 bits per heavy atom. The number of nitrogens with zero attached hydrogens (tertiary/aromatic N) is 3. The number of thioether (sulfide) groups is 1. The predicted molar refractivity (Wildman–Crippen MR) is 63.9 cm³/mol. The third-order valence-electron chi connectivity index (χ3n) is 2.97. The van der Waals surface area contributed by atoms with Gasteiger partial charge in [-0.05, 0) is 26.7 Å². The minimum absolute atomic E-state index is 0.621. The largest absolute Gasteiger partial charge is 0.361 e. The van der Waals surface area contributed by atoms with Crippen molar-refractivity contribution in [2.24, 2.45) is 0 Å². The van der Waals surface area contributed by atoms with Gasteiger partial charge in [-0.2, -0.15) is 0 Å². The van der Waals surface area contributed by atoms with Gasteiger partial charge in [0.1, 0.15) is 11.6 Å². The normalized spacial score (nSPS) is 15.4. The molecule has 17 heavy (non-hydrogen) atoms. The zero-order valence-electron chi connectivity index (χ0n) is 9.86. The van der Waals surface area contributed by atoms with Gasteiger partial charge in [0.2, 0.25) is 5.16 Å². The summed E-state index contributed by atoms with van der Waals surface area (Å²) in [6.07, 6.45) is 2.48. The maximum absolute atomic E-state index is 5.13. The van der Waals surface area contributed by atoms with Crippen LogP contribution in [-0.2, 0) is 5.75 Å². The zero-order chi connectivity index (χ0) is 11.8. The van der Waals surface area contributed by atoms with Crippen LogP contribution in [-0.4, -0.2) is 20.3 Å². The summed E-state index contributed by atoms with van der Waals surface area (Å²) >= 11 is 1.62. The van der Waals surface area contributed by atoms with E-state index in [2.05, 4.69) is 20.3 Å². The smallest absolute Gasteiger partial charge is 0.208 e. The summed E-state index contributed by atoms with van der Waals surface area (Å²) in [5, 5.41) is 12.0. The third kappa shape index (κ3) is 2.22. The summed E-state index contributed by atoms with van der Waals surface area (Å²) in [7, 11) is 0. The molecular weight excluding hydrogens is 236 g/mol. The number of aromatic amines is 1. The standard InChI is InChI=1S/C11H14N4OS/c1-6-9(7(2)16-15-6)5-17-11-12-10(13-14-11)8-3-4-8/h8H,3-5H2,1-2H3,(H,12,13,14). The quantitative estimate of drug-likeness (QED) is 0.845. The Morgan fingerprint density at radius 1 is 1.41 bits per heavy atom. The fourth-order valence-corrected chi connectivity index (χ4v) is 2.67. The van der Waals surface area contributed by atoms with E-state index in [4.69, 9.17) is 4.52 Å². The minimum Gasteiger partial charge on any atom is -0.361 e. The monoisotopic (exact) mass is 250 g/mol. The van der Waals surface area contributed by atoms with Gasteiger partial charge in [-0.25, -0.2) is 4.98 Å². The van der Waals surface area contributed by atoms with Crippen LogP contribution < -0.4 is 0 Å². The van der Waals surface area contributed by atoms with E-state index in [-0.39, 0.29) is 0 Å². The van der Waals surface area contributed by atoms with Crippen LogP contribution in [0.4, 0.5) is 0 Å². The molecule has 1 fully saturated rings. The Kier molecular flexibility index (Phi) is 2.66. The molecule has 2 aromatic heterocycles. The molecule has 0 amide bonds. The van der Waals surface area contributed by atoms with Crippen molar-refractivity contribution < 1.29 is 4.52 Å². The second-order valence-corrected chi connectivity index (χ2v) is 5.31. The molecule has 0 bridgehead atoms. The predicted octanol–water partition coefficient (Wildman–Crippen LogP) is 2.58. The van der Waals surface area contributed by atoms with E-state index in [1.54, 1.807) is 11.8 Å². The van der Waals surface area contributed by atoms with Gasteiger partial charge in [0, 0.05) is 17.2 Å². The fourth-order valence-electron chi connectivity index (χ4n) is 1.71. The van der Waals surface area contributed by atoms with Crippen LogP contribution in [0.2, 0.25) is 0 Å². The first-order valence-electron chi connectivity index (χ1n) is 5.71. The highest BCUT2D eigenvalue weighted by Crippen LogP contribution is 2.38. The molecule has 1 saturated carbocycles. The van der Waals surface area contributed by atoms with E-state index in [0.717, 1.165) is 33.8 Å². The number of hydrogen-bond donors (Lipinski definition) is 1. The summed E-state index contributed by atoms with van der Waals surface area (Å²) in [5.41, 5.74) is 2.10. The van der Waals surface area contributed by atoms with Crippen LogP contribution in [0.25, 0.3) is 0 Å². The van der Waals surface area contributed by atoms with Gasteiger partial charge in [-0.1, -0.05) is 16.9 Å². The van der Waals surface area contributed by atoms with Gasteiger partial charge >= 0.3 is 0 Å². The number of aromatic nitrogens is 4. The number of hydrogen-bond acceptors (Lipinski definition) is 5. The third-order valence-corrected chi connectivity index (χ3v) is 3.85. The van der Waals surface area contributed by atoms with Crippen LogP contribution in [0.3, 0.4) is 0 Å². The van der Waals surface area contributed by atoms with Crippen LogP contribution in [0.15, 0.2) is 9.68 Å². The molecule has 0 radical (unpaired) electrons. The van der Waals surface area contributed by atoms with Gasteiger partial charge in [0.15, 0.2) is 0 Å².